The van der Waals surface area contributed by atoms with Gasteiger partial charge in [-0.3, -0.25) is 4.79 Å². The first kappa shape index (κ1) is 14.0. The Balaban J connectivity index is 1.96. The molecule has 7 heteroatoms. The van der Waals surface area contributed by atoms with Gasteiger partial charge in [-0.1, -0.05) is 12.2 Å². The summed E-state index contributed by atoms with van der Waals surface area (Å²) >= 11 is 0. The van der Waals surface area contributed by atoms with E-state index in [9.17, 15) is 19.8 Å². The van der Waals surface area contributed by atoms with E-state index in [1.165, 1.54) is 17.0 Å². The Morgan fingerprint density at radius 1 is 1.20 bits per heavy atom. The van der Waals surface area contributed by atoms with Gasteiger partial charge in [-0.25, -0.2) is 4.79 Å². The van der Waals surface area contributed by atoms with Crippen LogP contribution >= 0.6 is 0 Å². The number of hydrogen-bond donors (Lipinski definition) is 2. The van der Waals surface area contributed by atoms with Gasteiger partial charge in [-0.15, -0.1) is 4.73 Å². The lowest BCUT2D eigenvalue weighted by Gasteiger charge is -2.22. The summed E-state index contributed by atoms with van der Waals surface area (Å²) in [6.45, 7) is 0.220. The van der Waals surface area contributed by atoms with Crippen LogP contribution < -0.4 is 4.84 Å². The molecular weight excluding hydrogens is 264 g/mol. The Morgan fingerprint density at radius 2 is 1.85 bits per heavy atom. The molecule has 0 atom stereocenters. The van der Waals surface area contributed by atoms with Gasteiger partial charge in [0.2, 0.25) is 17.7 Å². The second-order valence-electron chi connectivity index (χ2n) is 4.42. The zero-order valence-corrected chi connectivity index (χ0v) is 10.9. The van der Waals surface area contributed by atoms with Crippen LogP contribution in [0.4, 0.5) is 0 Å². The number of rotatable bonds is 3. The fourth-order valence-electron chi connectivity index (χ4n) is 1.90. The van der Waals surface area contributed by atoms with Gasteiger partial charge in [0.25, 0.3) is 0 Å². The largest absolute Gasteiger partial charge is 0.492 e. The molecule has 2 N–H and O–H groups in total. The van der Waals surface area contributed by atoms with Gasteiger partial charge in [0.15, 0.2) is 0 Å². The summed E-state index contributed by atoms with van der Waals surface area (Å²) in [5.74, 6) is -1.63. The maximum Gasteiger partial charge on any atom is 0.352 e. The zero-order valence-electron chi connectivity index (χ0n) is 10.9. The van der Waals surface area contributed by atoms with Crippen LogP contribution in [0.5, 0.6) is 11.8 Å². The zero-order chi connectivity index (χ0) is 14.5. The van der Waals surface area contributed by atoms with Gasteiger partial charge < -0.3 is 20.0 Å². The lowest BCUT2D eigenvalue weighted by atomic mass is 10.2. The topological polar surface area (TPSA) is 92.0 Å². The molecule has 1 amide bonds. The highest BCUT2D eigenvalue weighted by atomic mass is 16.7. The van der Waals surface area contributed by atoms with E-state index in [0.29, 0.717) is 30.5 Å². The minimum atomic E-state index is -0.732. The Kier molecular flexibility index (Phi) is 4.29. The fourth-order valence-corrected chi connectivity index (χ4v) is 1.90. The highest BCUT2D eigenvalue weighted by molar-refractivity contribution is 5.82. The van der Waals surface area contributed by atoms with E-state index in [1.807, 2.05) is 12.2 Å². The van der Waals surface area contributed by atoms with Crippen molar-refractivity contribution in [1.82, 2.24) is 9.63 Å². The van der Waals surface area contributed by atoms with E-state index >= 15 is 0 Å². The summed E-state index contributed by atoms with van der Waals surface area (Å²) in [4.78, 5) is 29.8. The van der Waals surface area contributed by atoms with Crippen molar-refractivity contribution >= 4 is 11.9 Å². The number of nitrogens with zero attached hydrogens (tertiary/aromatic N) is 2. The van der Waals surface area contributed by atoms with Crippen LogP contribution in [0.15, 0.2) is 24.3 Å². The van der Waals surface area contributed by atoms with Gasteiger partial charge in [-0.2, -0.15) is 0 Å². The van der Waals surface area contributed by atoms with E-state index in [4.69, 9.17) is 4.84 Å². The van der Waals surface area contributed by atoms with Gasteiger partial charge in [0, 0.05) is 25.1 Å². The molecule has 0 bridgehead atoms. The van der Waals surface area contributed by atoms with E-state index in [0.717, 1.165) is 0 Å². The summed E-state index contributed by atoms with van der Waals surface area (Å²) in [7, 11) is 0. The van der Waals surface area contributed by atoms with Crippen LogP contribution in [0.3, 0.4) is 0 Å². The first-order valence-electron chi connectivity index (χ1n) is 6.31. The normalized spacial score (nSPS) is 15.8. The van der Waals surface area contributed by atoms with Crippen molar-refractivity contribution in [3.8, 4) is 11.8 Å². The van der Waals surface area contributed by atoms with Crippen molar-refractivity contribution in [1.29, 1.82) is 0 Å². The predicted molar refractivity (Wildman–Crippen MR) is 68.9 cm³/mol. The van der Waals surface area contributed by atoms with Crippen molar-refractivity contribution in [2.45, 2.75) is 19.3 Å². The lowest BCUT2D eigenvalue weighted by Crippen LogP contribution is -2.39. The Hall–Kier alpha value is -2.44. The van der Waals surface area contributed by atoms with Gasteiger partial charge in [0.1, 0.15) is 6.54 Å². The third-order valence-corrected chi connectivity index (χ3v) is 2.92. The minimum Gasteiger partial charge on any atom is -0.492 e. The molecule has 0 aliphatic carbocycles. The highest BCUT2D eigenvalue weighted by Crippen LogP contribution is 2.18. The molecule has 1 aromatic rings. The molecule has 1 aromatic heterocycles. The molecule has 2 rings (SSSR count). The molecule has 2 heterocycles. The molecule has 1 aliphatic rings. The van der Waals surface area contributed by atoms with Crippen molar-refractivity contribution in [2.24, 2.45) is 0 Å². The SMILES string of the molecule is O=C(CN1CCC=CCCC1=O)On1c(O)ccc1O. The van der Waals surface area contributed by atoms with E-state index in [2.05, 4.69) is 0 Å². The van der Waals surface area contributed by atoms with Crippen LogP contribution in [-0.4, -0.2) is 44.8 Å². The maximum absolute atomic E-state index is 11.8. The van der Waals surface area contributed by atoms with Gasteiger partial charge in [-0.05, 0) is 12.8 Å². The predicted octanol–water partition coefficient (Wildman–Crippen LogP) is 0.423. The standard InChI is InChI=1S/C13H16N2O5/c16-10-5-3-1-2-4-8-14(10)9-13(19)20-15-11(17)6-7-12(15)18/h1-2,6-7,17-18H,3-5,8-9H2. The second-order valence-corrected chi connectivity index (χ2v) is 4.42. The van der Waals surface area contributed by atoms with E-state index in [1.54, 1.807) is 0 Å². The van der Waals surface area contributed by atoms with Crippen molar-refractivity contribution in [3.05, 3.63) is 24.3 Å². The summed E-state index contributed by atoms with van der Waals surface area (Å²) in [6.07, 6.45) is 5.60. The summed E-state index contributed by atoms with van der Waals surface area (Å²) in [5.41, 5.74) is 0. The maximum atomic E-state index is 11.8. The average Bonchev–Trinajstić information content (AvgIpc) is 2.70. The smallest absolute Gasteiger partial charge is 0.352 e. The van der Waals surface area contributed by atoms with E-state index in [-0.39, 0.29) is 12.5 Å². The molecule has 0 fully saturated rings. The fraction of sp³-hybridized carbons (Fsp3) is 0.385. The Morgan fingerprint density at radius 3 is 2.55 bits per heavy atom. The number of aromatic hydroxyl groups is 2. The molecule has 0 spiro atoms. The monoisotopic (exact) mass is 280 g/mol. The van der Waals surface area contributed by atoms with Crippen LogP contribution in [0, 0.1) is 0 Å². The molecule has 7 nitrogen and oxygen atoms in total. The quantitative estimate of drug-likeness (QED) is 0.783. The number of aromatic nitrogens is 1. The summed E-state index contributed by atoms with van der Waals surface area (Å²) < 4.78 is 0.608. The molecule has 0 aromatic carbocycles. The third kappa shape index (κ3) is 3.31. The first-order valence-corrected chi connectivity index (χ1v) is 6.31. The van der Waals surface area contributed by atoms with Crippen LogP contribution in [0.2, 0.25) is 0 Å². The van der Waals surface area contributed by atoms with Crippen LogP contribution in [0.1, 0.15) is 19.3 Å². The Labute approximate surface area is 115 Å². The number of amides is 1. The third-order valence-electron chi connectivity index (χ3n) is 2.92. The number of allylic oxidation sites excluding steroid dienone is 1. The molecular formula is C13H16N2O5. The molecule has 0 saturated heterocycles. The van der Waals surface area contributed by atoms with Gasteiger partial charge in [0.05, 0.1) is 0 Å². The molecule has 1 aliphatic heterocycles. The number of hydrogen-bond acceptors (Lipinski definition) is 5. The van der Waals surface area contributed by atoms with Crippen molar-refractivity contribution in [2.75, 3.05) is 13.1 Å². The van der Waals surface area contributed by atoms with Crippen LogP contribution in [0.25, 0.3) is 0 Å². The average molecular weight is 280 g/mol. The minimum absolute atomic E-state index is 0.118. The van der Waals surface area contributed by atoms with Crippen molar-refractivity contribution < 1.29 is 24.6 Å². The molecule has 0 radical (unpaired) electrons. The number of carbonyl (C=O) groups is 2. The first-order chi connectivity index (χ1) is 9.58. The lowest BCUT2D eigenvalue weighted by molar-refractivity contribution is -0.150. The van der Waals surface area contributed by atoms with Gasteiger partial charge >= 0.3 is 5.97 Å². The molecule has 0 unspecified atom stereocenters. The summed E-state index contributed by atoms with van der Waals surface area (Å²) in [5, 5.41) is 18.7. The van der Waals surface area contributed by atoms with Crippen molar-refractivity contribution in [3.63, 3.8) is 0 Å². The molecule has 20 heavy (non-hydrogen) atoms. The second kappa shape index (κ2) is 6.14. The van der Waals surface area contributed by atoms with Crippen LogP contribution in [-0.2, 0) is 9.59 Å². The summed E-state index contributed by atoms with van der Waals surface area (Å²) in [6, 6.07) is 2.38. The molecule has 108 valence electrons. The Bertz CT molecular complexity index is 515. The van der Waals surface area contributed by atoms with E-state index < -0.39 is 17.7 Å². The number of carbonyl (C=O) groups excluding carboxylic acids is 2. The highest BCUT2D eigenvalue weighted by Gasteiger charge is 2.20. The molecule has 0 saturated carbocycles.